The fourth-order valence-electron chi connectivity index (χ4n) is 1.86. The maximum absolute atomic E-state index is 11.8. The molecule has 0 aliphatic heterocycles. The minimum atomic E-state index is -3.17. The van der Waals surface area contributed by atoms with Gasteiger partial charge in [-0.1, -0.05) is 30.9 Å². The number of aliphatic imine (C=N–C) groups is 1. The van der Waals surface area contributed by atoms with E-state index in [0.29, 0.717) is 25.7 Å². The van der Waals surface area contributed by atoms with E-state index in [1.165, 1.54) is 6.26 Å². The van der Waals surface area contributed by atoms with Gasteiger partial charge in [-0.15, -0.1) is 24.0 Å². The molecule has 0 saturated carbocycles. The molecule has 0 spiro atoms. The fourth-order valence-corrected chi connectivity index (χ4v) is 2.19. The van der Waals surface area contributed by atoms with Crippen molar-refractivity contribution in [2.45, 2.75) is 32.1 Å². The van der Waals surface area contributed by atoms with Crippen LogP contribution in [-0.2, 0) is 16.4 Å². The molecule has 6 nitrogen and oxygen atoms in total. The minimum Gasteiger partial charge on any atom is -0.489 e. The summed E-state index contributed by atoms with van der Waals surface area (Å²) in [6, 6.07) is 7.68. The highest BCUT2D eigenvalue weighted by molar-refractivity contribution is 14.0. The Hall–Kier alpha value is -1.29. The molecule has 0 radical (unpaired) electrons. The summed E-state index contributed by atoms with van der Waals surface area (Å²) in [6.07, 6.45) is 2.94. The molecule has 8 heteroatoms. The molecule has 1 aromatic carbocycles. The Balaban J connectivity index is 0.00000625. The number of nitrogens with zero attached hydrogens (tertiary/aromatic N) is 1. The number of para-hydroxylation sites is 1. The first-order chi connectivity index (χ1) is 11.7. The van der Waals surface area contributed by atoms with Gasteiger partial charge < -0.3 is 15.4 Å². The molecule has 2 N–H and O–H groups in total. The Morgan fingerprint density at radius 2 is 1.96 bits per heavy atom. The summed E-state index contributed by atoms with van der Waals surface area (Å²) in [5.41, 5.74) is 0.948. The number of rotatable bonds is 9. The van der Waals surface area contributed by atoms with Crippen LogP contribution >= 0.6 is 24.0 Å². The maximum Gasteiger partial charge on any atom is 0.191 e. The molecule has 0 amide bonds. The van der Waals surface area contributed by atoms with Crippen molar-refractivity contribution >= 4 is 39.8 Å². The molecule has 0 fully saturated rings. The number of ether oxygens (including phenoxy) is 1. The van der Waals surface area contributed by atoms with Crippen LogP contribution in [0.1, 0.15) is 26.3 Å². The highest BCUT2D eigenvalue weighted by atomic mass is 127. The van der Waals surface area contributed by atoms with Crippen LogP contribution in [0.4, 0.5) is 0 Å². The second-order valence-corrected chi connectivity index (χ2v) is 8.94. The summed E-state index contributed by atoms with van der Waals surface area (Å²) < 4.78 is 28.4. The second kappa shape index (κ2) is 11.4. The Morgan fingerprint density at radius 1 is 1.31 bits per heavy atom. The molecule has 1 aromatic rings. The van der Waals surface area contributed by atoms with Crippen LogP contribution in [0.3, 0.4) is 0 Å². The molecular formula is C18H30IN3O3S. The van der Waals surface area contributed by atoms with E-state index in [0.717, 1.165) is 11.3 Å². The van der Waals surface area contributed by atoms with Gasteiger partial charge in [0.2, 0.25) is 0 Å². The van der Waals surface area contributed by atoms with Crippen molar-refractivity contribution in [2.24, 2.45) is 4.99 Å². The highest BCUT2D eigenvalue weighted by Crippen LogP contribution is 2.19. The van der Waals surface area contributed by atoms with Gasteiger partial charge in [0.05, 0.1) is 11.3 Å². The van der Waals surface area contributed by atoms with E-state index < -0.39 is 14.6 Å². The molecule has 26 heavy (non-hydrogen) atoms. The van der Waals surface area contributed by atoms with Crippen LogP contribution < -0.4 is 15.4 Å². The minimum absolute atomic E-state index is 0. The van der Waals surface area contributed by atoms with E-state index in [9.17, 15) is 8.42 Å². The van der Waals surface area contributed by atoms with Crippen molar-refractivity contribution in [1.82, 2.24) is 10.6 Å². The predicted octanol–water partition coefficient (Wildman–Crippen LogP) is 2.75. The third kappa shape index (κ3) is 7.94. The summed E-state index contributed by atoms with van der Waals surface area (Å²) in [5, 5.41) is 6.23. The lowest BCUT2D eigenvalue weighted by Gasteiger charge is -2.24. The van der Waals surface area contributed by atoms with Crippen molar-refractivity contribution in [3.8, 4) is 5.75 Å². The van der Waals surface area contributed by atoms with Gasteiger partial charge >= 0.3 is 0 Å². The third-order valence-electron chi connectivity index (χ3n) is 3.77. The van der Waals surface area contributed by atoms with Gasteiger partial charge in [-0.2, -0.15) is 0 Å². The van der Waals surface area contributed by atoms with Gasteiger partial charge in [0.15, 0.2) is 15.8 Å². The largest absolute Gasteiger partial charge is 0.489 e. The zero-order valence-corrected chi connectivity index (χ0v) is 19.1. The smallest absolute Gasteiger partial charge is 0.191 e. The number of halogens is 1. The van der Waals surface area contributed by atoms with E-state index in [1.54, 1.807) is 19.9 Å². The van der Waals surface area contributed by atoms with Crippen LogP contribution in [-0.4, -0.2) is 45.1 Å². The van der Waals surface area contributed by atoms with E-state index in [2.05, 4.69) is 22.2 Å². The number of nitrogens with one attached hydrogen (secondary N) is 2. The van der Waals surface area contributed by atoms with E-state index >= 15 is 0 Å². The average molecular weight is 495 g/mol. The van der Waals surface area contributed by atoms with Crippen LogP contribution in [0.5, 0.6) is 5.75 Å². The Kier molecular flexibility index (Phi) is 10.9. The van der Waals surface area contributed by atoms with E-state index in [4.69, 9.17) is 4.74 Å². The molecule has 0 aliphatic rings. The number of benzene rings is 1. The summed E-state index contributed by atoms with van der Waals surface area (Å²) in [6.45, 7) is 10.8. The monoisotopic (exact) mass is 495 g/mol. The SMILES string of the molecule is C=CCOc1ccccc1CN=C(NCC)NCC(C)(C)S(C)(=O)=O.I. The molecule has 0 aromatic heterocycles. The normalized spacial score (nSPS) is 12.1. The zero-order chi connectivity index (χ0) is 18.9. The van der Waals surface area contributed by atoms with Crippen molar-refractivity contribution < 1.29 is 13.2 Å². The van der Waals surface area contributed by atoms with Crippen LogP contribution in [0.25, 0.3) is 0 Å². The zero-order valence-electron chi connectivity index (χ0n) is 15.9. The molecule has 148 valence electrons. The molecule has 0 heterocycles. The Morgan fingerprint density at radius 3 is 2.54 bits per heavy atom. The first kappa shape index (κ1) is 24.7. The number of sulfone groups is 1. The molecule has 0 aliphatic carbocycles. The Bertz CT molecular complexity index is 703. The summed E-state index contributed by atoms with van der Waals surface area (Å²) >= 11 is 0. The standard InChI is InChI=1S/C18H29N3O3S.HI/c1-6-12-24-16-11-9-8-10-15(16)13-20-17(19-7-2)21-14-18(3,4)25(5,22)23;/h6,8-11H,1,7,12-14H2,2-5H3,(H2,19,20,21);1H. The summed E-state index contributed by atoms with van der Waals surface area (Å²) in [5.74, 6) is 1.33. The lowest BCUT2D eigenvalue weighted by Crippen LogP contribution is -2.47. The Labute approximate surface area is 174 Å². The van der Waals surface area contributed by atoms with Gasteiger partial charge in [-0.3, -0.25) is 0 Å². The molecule has 0 bridgehead atoms. The number of hydrogen-bond donors (Lipinski definition) is 2. The van der Waals surface area contributed by atoms with Gasteiger partial charge in [0.25, 0.3) is 0 Å². The average Bonchev–Trinajstić information content (AvgIpc) is 2.55. The molecule has 0 saturated heterocycles. The first-order valence-electron chi connectivity index (χ1n) is 8.24. The van der Waals surface area contributed by atoms with Crippen molar-refractivity contribution in [3.05, 3.63) is 42.5 Å². The summed E-state index contributed by atoms with van der Waals surface area (Å²) in [4.78, 5) is 4.53. The maximum atomic E-state index is 11.8. The second-order valence-electron chi connectivity index (χ2n) is 6.29. The topological polar surface area (TPSA) is 79.8 Å². The molecule has 0 unspecified atom stereocenters. The lowest BCUT2D eigenvalue weighted by molar-refractivity contribution is 0.359. The number of hydrogen-bond acceptors (Lipinski definition) is 4. The quantitative estimate of drug-likeness (QED) is 0.239. The van der Waals surface area contributed by atoms with E-state index in [1.807, 2.05) is 31.2 Å². The molecule has 1 rings (SSSR count). The van der Waals surface area contributed by atoms with Gasteiger partial charge in [0, 0.05) is 24.9 Å². The van der Waals surface area contributed by atoms with Crippen molar-refractivity contribution in [3.63, 3.8) is 0 Å². The van der Waals surface area contributed by atoms with Gasteiger partial charge in [-0.25, -0.2) is 13.4 Å². The molecule has 0 atom stereocenters. The van der Waals surface area contributed by atoms with Crippen LogP contribution in [0.15, 0.2) is 41.9 Å². The fraction of sp³-hybridized carbons (Fsp3) is 0.500. The van der Waals surface area contributed by atoms with Gasteiger partial charge in [-0.05, 0) is 26.8 Å². The summed E-state index contributed by atoms with van der Waals surface area (Å²) in [7, 11) is -3.17. The van der Waals surface area contributed by atoms with Gasteiger partial charge in [0.1, 0.15) is 12.4 Å². The van der Waals surface area contributed by atoms with Crippen LogP contribution in [0, 0.1) is 0 Å². The van der Waals surface area contributed by atoms with E-state index in [-0.39, 0.29) is 30.5 Å². The third-order valence-corrected chi connectivity index (χ3v) is 5.92. The predicted molar refractivity (Wildman–Crippen MR) is 119 cm³/mol. The van der Waals surface area contributed by atoms with Crippen molar-refractivity contribution in [1.29, 1.82) is 0 Å². The molecular weight excluding hydrogens is 465 g/mol. The van der Waals surface area contributed by atoms with Crippen LogP contribution in [0.2, 0.25) is 0 Å². The lowest BCUT2D eigenvalue weighted by atomic mass is 10.2. The highest BCUT2D eigenvalue weighted by Gasteiger charge is 2.30. The van der Waals surface area contributed by atoms with Crippen molar-refractivity contribution in [2.75, 3.05) is 26.0 Å². The first-order valence-corrected chi connectivity index (χ1v) is 10.1. The number of guanidine groups is 1.